The summed E-state index contributed by atoms with van der Waals surface area (Å²) in [6.07, 6.45) is 0. The Morgan fingerprint density at radius 1 is 1.31 bits per heavy atom. The zero-order valence-corrected chi connectivity index (χ0v) is 10.2. The van der Waals surface area contributed by atoms with Crippen LogP contribution in [0.15, 0.2) is 18.2 Å². The predicted octanol–water partition coefficient (Wildman–Crippen LogP) is 2.41. The molecule has 3 nitrogen and oxygen atoms in total. The first-order chi connectivity index (χ1) is 7.26. The van der Waals surface area contributed by atoms with Crippen LogP contribution in [0.5, 0.6) is 0 Å². The Labute approximate surface area is 96.3 Å². The molecule has 1 atom stereocenters. The Balaban J connectivity index is 3.10. The highest BCUT2D eigenvalue weighted by atomic mass is 16.4. The Bertz CT molecular complexity index is 410. The first-order valence-electron chi connectivity index (χ1n) is 5.33. The molecule has 0 saturated carbocycles. The van der Waals surface area contributed by atoms with Crippen LogP contribution in [0, 0.1) is 19.3 Å². The fourth-order valence-corrected chi connectivity index (χ4v) is 1.51. The largest absolute Gasteiger partial charge is 0.481 e. The molecule has 1 rings (SSSR count). The lowest BCUT2D eigenvalue weighted by Gasteiger charge is -2.27. The maximum absolute atomic E-state index is 11.1. The van der Waals surface area contributed by atoms with E-state index in [4.69, 9.17) is 10.8 Å². The van der Waals surface area contributed by atoms with Crippen LogP contribution in [0.4, 0.5) is 0 Å². The van der Waals surface area contributed by atoms with Gasteiger partial charge in [-0.05, 0) is 44.4 Å². The summed E-state index contributed by atoms with van der Waals surface area (Å²) in [7, 11) is 0. The van der Waals surface area contributed by atoms with Crippen molar-refractivity contribution in [2.45, 2.75) is 33.7 Å². The zero-order valence-electron chi connectivity index (χ0n) is 10.2. The van der Waals surface area contributed by atoms with E-state index in [1.165, 1.54) is 5.56 Å². The summed E-state index contributed by atoms with van der Waals surface area (Å²) in [4.78, 5) is 11.1. The lowest BCUT2D eigenvalue weighted by Crippen LogP contribution is -2.36. The third-order valence-corrected chi connectivity index (χ3v) is 3.22. The lowest BCUT2D eigenvalue weighted by atomic mass is 9.80. The fraction of sp³-hybridized carbons (Fsp3) is 0.462. The van der Waals surface area contributed by atoms with Gasteiger partial charge < -0.3 is 10.8 Å². The Morgan fingerprint density at radius 3 is 2.31 bits per heavy atom. The molecule has 16 heavy (non-hydrogen) atoms. The lowest BCUT2D eigenvalue weighted by molar-refractivity contribution is -0.148. The molecule has 0 fully saturated rings. The first-order valence-corrected chi connectivity index (χ1v) is 5.33. The van der Waals surface area contributed by atoms with Crippen molar-refractivity contribution in [3.05, 3.63) is 34.9 Å². The van der Waals surface area contributed by atoms with Gasteiger partial charge in [-0.1, -0.05) is 18.2 Å². The van der Waals surface area contributed by atoms with Gasteiger partial charge in [0.1, 0.15) is 0 Å². The number of nitrogens with two attached hydrogens (primary N) is 1. The highest BCUT2D eigenvalue weighted by Gasteiger charge is 2.35. The van der Waals surface area contributed by atoms with Crippen LogP contribution >= 0.6 is 0 Å². The number of aryl methyl sites for hydroxylation is 2. The Hall–Kier alpha value is -1.35. The fourth-order valence-electron chi connectivity index (χ4n) is 1.51. The molecule has 0 aliphatic heterocycles. The van der Waals surface area contributed by atoms with Crippen molar-refractivity contribution in [1.82, 2.24) is 0 Å². The van der Waals surface area contributed by atoms with Crippen LogP contribution in [-0.2, 0) is 4.79 Å². The monoisotopic (exact) mass is 221 g/mol. The average Bonchev–Trinajstić information content (AvgIpc) is 2.20. The minimum absolute atomic E-state index is 0.496. The highest BCUT2D eigenvalue weighted by Crippen LogP contribution is 2.32. The topological polar surface area (TPSA) is 63.3 Å². The van der Waals surface area contributed by atoms with Gasteiger partial charge in [-0.15, -0.1) is 0 Å². The van der Waals surface area contributed by atoms with E-state index in [1.54, 1.807) is 13.8 Å². The number of hydrogen-bond donors (Lipinski definition) is 2. The van der Waals surface area contributed by atoms with E-state index < -0.39 is 17.4 Å². The number of carboxylic acid groups (broad SMARTS) is 1. The SMILES string of the molecule is Cc1ccc(C(N)C(C)(C)C(=O)O)cc1C. The molecule has 0 aromatic heterocycles. The smallest absolute Gasteiger partial charge is 0.311 e. The third kappa shape index (κ3) is 2.25. The summed E-state index contributed by atoms with van der Waals surface area (Å²) in [6, 6.07) is 5.34. The van der Waals surface area contributed by atoms with E-state index in [0.29, 0.717) is 0 Å². The molecule has 0 aliphatic rings. The zero-order chi connectivity index (χ0) is 12.5. The molecule has 0 spiro atoms. The summed E-state index contributed by atoms with van der Waals surface area (Å²) in [5.74, 6) is -0.877. The van der Waals surface area contributed by atoms with Gasteiger partial charge in [0.05, 0.1) is 5.41 Å². The van der Waals surface area contributed by atoms with Crippen molar-refractivity contribution in [3.8, 4) is 0 Å². The molecule has 0 saturated heterocycles. The normalized spacial score (nSPS) is 13.6. The minimum atomic E-state index is -0.957. The molecular weight excluding hydrogens is 202 g/mol. The van der Waals surface area contributed by atoms with Gasteiger partial charge in [0, 0.05) is 6.04 Å². The van der Waals surface area contributed by atoms with E-state index in [0.717, 1.165) is 11.1 Å². The number of carboxylic acids is 1. The van der Waals surface area contributed by atoms with Crippen LogP contribution in [0.2, 0.25) is 0 Å². The van der Waals surface area contributed by atoms with Crippen LogP contribution in [0.3, 0.4) is 0 Å². The summed E-state index contributed by atoms with van der Waals surface area (Å²) in [5.41, 5.74) is 8.24. The quantitative estimate of drug-likeness (QED) is 0.823. The van der Waals surface area contributed by atoms with Crippen LogP contribution in [-0.4, -0.2) is 11.1 Å². The Morgan fingerprint density at radius 2 is 1.88 bits per heavy atom. The minimum Gasteiger partial charge on any atom is -0.481 e. The molecule has 0 radical (unpaired) electrons. The molecule has 3 heteroatoms. The van der Waals surface area contributed by atoms with E-state index in [2.05, 4.69) is 0 Å². The summed E-state index contributed by atoms with van der Waals surface area (Å²) < 4.78 is 0. The summed E-state index contributed by atoms with van der Waals surface area (Å²) in [6.45, 7) is 7.32. The van der Waals surface area contributed by atoms with E-state index >= 15 is 0 Å². The van der Waals surface area contributed by atoms with Crippen molar-refractivity contribution in [1.29, 1.82) is 0 Å². The summed E-state index contributed by atoms with van der Waals surface area (Å²) >= 11 is 0. The molecular formula is C13H19NO2. The van der Waals surface area contributed by atoms with Gasteiger partial charge in [0.15, 0.2) is 0 Å². The van der Waals surface area contributed by atoms with E-state index in [9.17, 15) is 4.79 Å². The van der Waals surface area contributed by atoms with Gasteiger partial charge in [0.25, 0.3) is 0 Å². The van der Waals surface area contributed by atoms with Crippen LogP contribution in [0.25, 0.3) is 0 Å². The number of benzene rings is 1. The Kier molecular flexibility index (Phi) is 3.38. The van der Waals surface area contributed by atoms with Crippen molar-refractivity contribution in [3.63, 3.8) is 0 Å². The number of carbonyl (C=O) groups is 1. The van der Waals surface area contributed by atoms with Crippen molar-refractivity contribution in [2.24, 2.45) is 11.1 Å². The molecule has 0 heterocycles. The van der Waals surface area contributed by atoms with Gasteiger partial charge >= 0.3 is 5.97 Å². The second-order valence-electron chi connectivity index (χ2n) is 4.85. The molecule has 1 aromatic carbocycles. The molecule has 0 aliphatic carbocycles. The van der Waals surface area contributed by atoms with Crippen molar-refractivity contribution in [2.75, 3.05) is 0 Å². The molecule has 1 aromatic rings. The standard InChI is InChI=1S/C13H19NO2/c1-8-5-6-10(7-9(8)2)11(14)13(3,4)12(15)16/h5-7,11H,14H2,1-4H3,(H,15,16). The van der Waals surface area contributed by atoms with Gasteiger partial charge in [-0.25, -0.2) is 0 Å². The predicted molar refractivity (Wildman–Crippen MR) is 64.3 cm³/mol. The van der Waals surface area contributed by atoms with Gasteiger partial charge in [-0.3, -0.25) is 4.79 Å². The molecule has 0 bridgehead atoms. The van der Waals surface area contributed by atoms with Gasteiger partial charge in [-0.2, -0.15) is 0 Å². The molecule has 0 amide bonds. The maximum Gasteiger partial charge on any atom is 0.311 e. The van der Waals surface area contributed by atoms with E-state index in [1.807, 2.05) is 32.0 Å². The number of hydrogen-bond acceptors (Lipinski definition) is 2. The van der Waals surface area contributed by atoms with Crippen molar-refractivity contribution < 1.29 is 9.90 Å². The second kappa shape index (κ2) is 4.26. The van der Waals surface area contributed by atoms with Crippen LogP contribution in [0.1, 0.15) is 36.6 Å². The van der Waals surface area contributed by atoms with E-state index in [-0.39, 0.29) is 0 Å². The second-order valence-corrected chi connectivity index (χ2v) is 4.85. The average molecular weight is 221 g/mol. The number of aliphatic carboxylic acids is 1. The molecule has 88 valence electrons. The van der Waals surface area contributed by atoms with Gasteiger partial charge in [0.2, 0.25) is 0 Å². The highest BCUT2D eigenvalue weighted by molar-refractivity contribution is 5.75. The maximum atomic E-state index is 11.1. The van der Waals surface area contributed by atoms with Crippen LogP contribution < -0.4 is 5.73 Å². The third-order valence-electron chi connectivity index (χ3n) is 3.22. The summed E-state index contributed by atoms with van der Waals surface area (Å²) in [5, 5.41) is 9.12. The molecule has 1 unspecified atom stereocenters. The first kappa shape index (κ1) is 12.7. The molecule has 3 N–H and O–H groups in total. The van der Waals surface area contributed by atoms with Crippen molar-refractivity contribution >= 4 is 5.97 Å². The number of rotatable bonds is 3.